The topological polar surface area (TPSA) is 21.3 Å². The summed E-state index contributed by atoms with van der Waals surface area (Å²) in [7, 11) is 1.55. The van der Waals surface area contributed by atoms with Crippen molar-refractivity contribution in [2.24, 2.45) is 0 Å². The molecule has 0 spiro atoms. The lowest BCUT2D eigenvalue weighted by atomic mass is 10.1. The number of ether oxygens (including phenoxy) is 1. The van der Waals surface area contributed by atoms with Crippen LogP contribution in [0.2, 0.25) is 0 Å². The molecule has 0 saturated carbocycles. The van der Waals surface area contributed by atoms with Crippen molar-refractivity contribution in [2.75, 3.05) is 25.7 Å². The molecule has 0 heterocycles. The number of hydrogen-bond acceptors (Lipinski definition) is 3. The van der Waals surface area contributed by atoms with E-state index in [1.807, 2.05) is 18.7 Å². The molecule has 0 radical (unpaired) electrons. The van der Waals surface area contributed by atoms with E-state index >= 15 is 0 Å². The zero-order valence-electron chi connectivity index (χ0n) is 12.0. The predicted molar refractivity (Wildman–Crippen MR) is 81.6 cm³/mol. The molecular weight excluding hydrogens is 261 g/mol. The number of methoxy groups -OCH3 is 1. The van der Waals surface area contributed by atoms with Gasteiger partial charge in [-0.15, -0.1) is 0 Å². The normalized spacial score (nSPS) is 12.4. The van der Waals surface area contributed by atoms with Gasteiger partial charge in [0.1, 0.15) is 11.6 Å². The molecule has 19 heavy (non-hydrogen) atoms. The molecule has 0 aliphatic rings. The number of hydrogen-bond donors (Lipinski definition) is 1. The smallest absolute Gasteiger partial charge is 0.131 e. The Bertz CT molecular complexity index is 373. The van der Waals surface area contributed by atoms with Crippen LogP contribution in [0.15, 0.2) is 18.2 Å². The second-order valence-corrected chi connectivity index (χ2v) is 5.60. The lowest BCUT2D eigenvalue weighted by Gasteiger charge is -2.15. The molecule has 1 N–H and O–H groups in total. The van der Waals surface area contributed by atoms with Gasteiger partial charge in [0.2, 0.25) is 0 Å². The molecular formula is C15H24FNOS. The Kier molecular flexibility index (Phi) is 7.91. The first-order chi connectivity index (χ1) is 9.19. The molecule has 0 bridgehead atoms. The summed E-state index contributed by atoms with van der Waals surface area (Å²) >= 11 is 1.89. The zero-order valence-corrected chi connectivity index (χ0v) is 12.9. The van der Waals surface area contributed by atoms with Gasteiger partial charge in [-0.1, -0.05) is 12.5 Å². The van der Waals surface area contributed by atoms with Gasteiger partial charge in [0, 0.05) is 17.7 Å². The van der Waals surface area contributed by atoms with E-state index in [1.54, 1.807) is 19.2 Å². The second kappa shape index (κ2) is 9.21. The lowest BCUT2D eigenvalue weighted by Crippen LogP contribution is -2.20. The third-order valence-electron chi connectivity index (χ3n) is 3.15. The van der Waals surface area contributed by atoms with Gasteiger partial charge in [0.15, 0.2) is 0 Å². The van der Waals surface area contributed by atoms with Crippen molar-refractivity contribution in [2.45, 2.75) is 32.2 Å². The van der Waals surface area contributed by atoms with Gasteiger partial charge >= 0.3 is 0 Å². The Morgan fingerprint density at radius 1 is 1.32 bits per heavy atom. The minimum absolute atomic E-state index is 0.0338. The average molecular weight is 285 g/mol. The Hall–Kier alpha value is -0.740. The van der Waals surface area contributed by atoms with Crippen LogP contribution in [0.1, 0.15) is 37.8 Å². The van der Waals surface area contributed by atoms with Gasteiger partial charge in [-0.25, -0.2) is 4.39 Å². The maximum absolute atomic E-state index is 13.8. The summed E-state index contributed by atoms with van der Waals surface area (Å²) in [5, 5.41) is 3.37. The minimum Gasteiger partial charge on any atom is -0.497 e. The fraction of sp³-hybridized carbons (Fsp3) is 0.600. The van der Waals surface area contributed by atoms with Gasteiger partial charge in [-0.05, 0) is 44.4 Å². The molecule has 1 atom stereocenters. The van der Waals surface area contributed by atoms with Crippen LogP contribution in [0.3, 0.4) is 0 Å². The van der Waals surface area contributed by atoms with Crippen molar-refractivity contribution in [3.63, 3.8) is 0 Å². The van der Waals surface area contributed by atoms with Crippen molar-refractivity contribution >= 4 is 11.8 Å². The number of nitrogens with one attached hydrogen (secondary N) is 1. The molecule has 0 aliphatic carbocycles. The van der Waals surface area contributed by atoms with Crippen LogP contribution in [-0.2, 0) is 0 Å². The highest BCUT2D eigenvalue weighted by Gasteiger charge is 2.10. The Morgan fingerprint density at radius 3 is 2.74 bits per heavy atom. The minimum atomic E-state index is -0.207. The quantitative estimate of drug-likeness (QED) is 0.692. The third kappa shape index (κ3) is 5.83. The van der Waals surface area contributed by atoms with E-state index in [2.05, 4.69) is 11.6 Å². The molecule has 1 aromatic rings. The predicted octanol–water partition coefficient (Wildman–Crippen LogP) is 4.02. The highest BCUT2D eigenvalue weighted by molar-refractivity contribution is 7.98. The van der Waals surface area contributed by atoms with Gasteiger partial charge in [0.05, 0.1) is 7.11 Å². The highest BCUT2D eigenvalue weighted by atomic mass is 32.2. The molecule has 2 nitrogen and oxygen atoms in total. The molecule has 0 amide bonds. The summed E-state index contributed by atoms with van der Waals surface area (Å²) in [6.07, 6.45) is 5.76. The largest absolute Gasteiger partial charge is 0.497 e. The fourth-order valence-corrected chi connectivity index (χ4v) is 2.46. The van der Waals surface area contributed by atoms with E-state index in [9.17, 15) is 4.39 Å². The molecule has 4 heteroatoms. The molecule has 0 fully saturated rings. The molecule has 108 valence electrons. The van der Waals surface area contributed by atoms with E-state index in [4.69, 9.17) is 4.74 Å². The highest BCUT2D eigenvalue weighted by Crippen LogP contribution is 2.21. The molecule has 0 aliphatic heterocycles. The van der Waals surface area contributed by atoms with Crippen molar-refractivity contribution in [1.29, 1.82) is 0 Å². The molecule has 0 saturated heterocycles. The van der Waals surface area contributed by atoms with E-state index in [-0.39, 0.29) is 11.9 Å². The Morgan fingerprint density at radius 2 is 2.11 bits per heavy atom. The van der Waals surface area contributed by atoms with Gasteiger partial charge in [0.25, 0.3) is 0 Å². The van der Waals surface area contributed by atoms with Crippen LogP contribution < -0.4 is 10.1 Å². The van der Waals surface area contributed by atoms with E-state index in [1.165, 1.54) is 24.7 Å². The zero-order chi connectivity index (χ0) is 14.1. The van der Waals surface area contributed by atoms with Crippen molar-refractivity contribution in [3.8, 4) is 5.75 Å². The number of rotatable bonds is 9. The SMILES string of the molecule is COc1ccc(C(C)NCCCCCSC)c(F)c1. The first kappa shape index (κ1) is 16.3. The molecule has 1 aromatic carbocycles. The lowest BCUT2D eigenvalue weighted by molar-refractivity contribution is 0.409. The van der Waals surface area contributed by atoms with E-state index in [0.29, 0.717) is 11.3 Å². The number of halogens is 1. The summed E-state index contributed by atoms with van der Waals surface area (Å²) in [4.78, 5) is 0. The Labute approximate surface area is 120 Å². The summed E-state index contributed by atoms with van der Waals surface area (Å²) < 4.78 is 18.8. The monoisotopic (exact) mass is 285 g/mol. The van der Waals surface area contributed by atoms with Crippen molar-refractivity contribution < 1.29 is 9.13 Å². The van der Waals surface area contributed by atoms with Crippen LogP contribution in [0.25, 0.3) is 0 Å². The maximum Gasteiger partial charge on any atom is 0.131 e. The standard InChI is InChI=1S/C15H24FNOS/c1-12(17-9-5-4-6-10-19-3)14-8-7-13(18-2)11-15(14)16/h7-8,11-12,17H,4-6,9-10H2,1-3H3. The van der Waals surface area contributed by atoms with Crippen LogP contribution in [0.5, 0.6) is 5.75 Å². The Balaban J connectivity index is 2.34. The average Bonchev–Trinajstić information content (AvgIpc) is 2.42. The molecule has 0 aromatic heterocycles. The molecule has 1 unspecified atom stereocenters. The number of benzene rings is 1. The number of thioether (sulfide) groups is 1. The van der Waals surface area contributed by atoms with Crippen LogP contribution >= 0.6 is 11.8 Å². The van der Waals surface area contributed by atoms with Gasteiger partial charge in [-0.2, -0.15) is 11.8 Å². The van der Waals surface area contributed by atoms with Crippen LogP contribution in [-0.4, -0.2) is 25.7 Å². The van der Waals surface area contributed by atoms with E-state index < -0.39 is 0 Å². The third-order valence-corrected chi connectivity index (χ3v) is 3.85. The maximum atomic E-state index is 13.8. The first-order valence-electron chi connectivity index (χ1n) is 6.74. The summed E-state index contributed by atoms with van der Waals surface area (Å²) in [6.45, 7) is 2.92. The summed E-state index contributed by atoms with van der Waals surface area (Å²) in [5.41, 5.74) is 0.699. The number of unbranched alkanes of at least 4 members (excludes halogenated alkanes) is 2. The second-order valence-electron chi connectivity index (χ2n) is 4.62. The van der Waals surface area contributed by atoms with Crippen LogP contribution in [0, 0.1) is 5.82 Å². The van der Waals surface area contributed by atoms with E-state index in [0.717, 1.165) is 13.0 Å². The molecule has 1 rings (SSSR count). The van der Waals surface area contributed by atoms with Crippen LogP contribution in [0.4, 0.5) is 4.39 Å². The van der Waals surface area contributed by atoms with Crippen molar-refractivity contribution in [1.82, 2.24) is 5.32 Å². The first-order valence-corrected chi connectivity index (χ1v) is 8.14. The summed E-state index contributed by atoms with van der Waals surface area (Å²) in [6, 6.07) is 5.06. The van der Waals surface area contributed by atoms with Gasteiger partial charge in [-0.3, -0.25) is 0 Å². The van der Waals surface area contributed by atoms with Crippen molar-refractivity contribution in [3.05, 3.63) is 29.6 Å². The fourth-order valence-electron chi connectivity index (χ4n) is 1.96. The van der Waals surface area contributed by atoms with Gasteiger partial charge < -0.3 is 10.1 Å². The summed E-state index contributed by atoms with van der Waals surface area (Å²) in [5.74, 6) is 1.58.